The molecule has 0 radical (unpaired) electrons. The molecule has 0 heterocycles. The average Bonchev–Trinajstić information content (AvgIpc) is 1.58. The fraction of sp³-hybridized carbons (Fsp3) is 0.857. The number of carbonyl (C=O) groups is 1. The number of esters is 1. The molecule has 2 N–H and O–H groups in total. The third-order valence-corrected chi connectivity index (χ3v) is 0.856. The number of hydrogen-bond donors (Lipinski definition) is 1. The second-order valence-electron chi connectivity index (χ2n) is 2.72. The van der Waals surface area contributed by atoms with E-state index < -0.39 is 0 Å². The molecule has 0 aromatic rings. The molecule has 1 atom stereocenters. The number of hydrogen-bond acceptors (Lipinski definition) is 3. The number of ether oxygens (including phenoxy) is 1. The van der Waals surface area contributed by atoms with Gasteiger partial charge >= 0.3 is 5.97 Å². The Labute approximate surface area is 73.7 Å². The van der Waals surface area contributed by atoms with Gasteiger partial charge in [0, 0.05) is 6.04 Å². The van der Waals surface area contributed by atoms with Gasteiger partial charge in [0.2, 0.25) is 0 Å². The first kappa shape index (κ1) is 13.3. The van der Waals surface area contributed by atoms with Crippen LogP contribution < -0.4 is 5.73 Å². The fourth-order valence-corrected chi connectivity index (χ4v) is 0.574. The van der Waals surface area contributed by atoms with E-state index in [0.29, 0.717) is 6.42 Å². The van der Waals surface area contributed by atoms with Crippen molar-refractivity contribution in [2.45, 2.75) is 39.3 Å². The molecule has 0 spiro atoms. The monoisotopic (exact) mass is 181 g/mol. The SMILES string of the molecule is CC(C)OC(=O)C[C@@H](C)N.Cl. The summed E-state index contributed by atoms with van der Waals surface area (Å²) < 4.78 is 4.84. The van der Waals surface area contributed by atoms with Crippen molar-refractivity contribution in [2.75, 3.05) is 0 Å². The fourth-order valence-electron chi connectivity index (χ4n) is 0.574. The average molecular weight is 182 g/mol. The van der Waals surface area contributed by atoms with E-state index in [1.165, 1.54) is 0 Å². The van der Waals surface area contributed by atoms with E-state index in [9.17, 15) is 4.79 Å². The first-order valence-corrected chi connectivity index (χ1v) is 3.47. The Morgan fingerprint density at radius 3 is 2.18 bits per heavy atom. The lowest BCUT2D eigenvalue weighted by Gasteiger charge is -2.08. The van der Waals surface area contributed by atoms with Crippen LogP contribution in [0.5, 0.6) is 0 Å². The summed E-state index contributed by atoms with van der Waals surface area (Å²) in [6, 6.07) is -0.105. The normalized spacial score (nSPS) is 12.1. The predicted molar refractivity (Wildman–Crippen MR) is 46.7 cm³/mol. The molecule has 0 rings (SSSR count). The summed E-state index contributed by atoms with van der Waals surface area (Å²) in [5.74, 6) is -0.218. The van der Waals surface area contributed by atoms with Crippen LogP contribution in [0.25, 0.3) is 0 Å². The molecule has 3 nitrogen and oxygen atoms in total. The third kappa shape index (κ3) is 9.72. The molecule has 0 saturated heterocycles. The van der Waals surface area contributed by atoms with Crippen LogP contribution in [0.2, 0.25) is 0 Å². The van der Waals surface area contributed by atoms with Crippen molar-refractivity contribution < 1.29 is 9.53 Å². The lowest BCUT2D eigenvalue weighted by molar-refractivity contribution is -0.147. The molecule has 0 aliphatic carbocycles. The highest BCUT2D eigenvalue weighted by Crippen LogP contribution is 1.94. The molecule has 68 valence electrons. The van der Waals surface area contributed by atoms with Gasteiger partial charge in [-0.15, -0.1) is 12.4 Å². The van der Waals surface area contributed by atoms with Gasteiger partial charge in [-0.25, -0.2) is 0 Å². The zero-order chi connectivity index (χ0) is 8.15. The van der Waals surface area contributed by atoms with Crippen LogP contribution in [-0.4, -0.2) is 18.1 Å². The van der Waals surface area contributed by atoms with Crippen LogP contribution in [0.1, 0.15) is 27.2 Å². The van der Waals surface area contributed by atoms with Crippen LogP contribution in [0.15, 0.2) is 0 Å². The molecule has 0 aromatic carbocycles. The minimum atomic E-state index is -0.218. The van der Waals surface area contributed by atoms with Gasteiger partial charge in [-0.3, -0.25) is 4.79 Å². The molecule has 11 heavy (non-hydrogen) atoms. The van der Waals surface area contributed by atoms with E-state index in [1.54, 1.807) is 6.92 Å². The quantitative estimate of drug-likeness (QED) is 0.664. The van der Waals surface area contributed by atoms with Crippen LogP contribution in [-0.2, 0) is 9.53 Å². The highest BCUT2D eigenvalue weighted by Gasteiger charge is 2.06. The molecule has 0 aromatic heterocycles. The standard InChI is InChI=1S/C7H15NO2.ClH/c1-5(2)10-7(9)4-6(3)8;/h5-6H,4,8H2,1-3H3;1H/t6-;/m1./s1. The highest BCUT2D eigenvalue weighted by atomic mass is 35.5. The van der Waals surface area contributed by atoms with Gasteiger partial charge in [-0.05, 0) is 20.8 Å². The number of carbonyl (C=O) groups excluding carboxylic acids is 1. The van der Waals surface area contributed by atoms with Crippen molar-refractivity contribution in [1.82, 2.24) is 0 Å². The smallest absolute Gasteiger partial charge is 0.307 e. The zero-order valence-electron chi connectivity index (χ0n) is 7.16. The Bertz CT molecular complexity index is 103. The largest absolute Gasteiger partial charge is 0.463 e. The molecule has 0 aliphatic heterocycles. The molecule has 0 saturated carbocycles. The Morgan fingerprint density at radius 1 is 1.45 bits per heavy atom. The van der Waals surface area contributed by atoms with E-state index in [1.807, 2.05) is 13.8 Å². The van der Waals surface area contributed by atoms with Crippen molar-refractivity contribution in [1.29, 1.82) is 0 Å². The summed E-state index contributed by atoms with van der Waals surface area (Å²) in [7, 11) is 0. The van der Waals surface area contributed by atoms with E-state index >= 15 is 0 Å². The summed E-state index contributed by atoms with van der Waals surface area (Å²) in [4.78, 5) is 10.8. The minimum Gasteiger partial charge on any atom is -0.463 e. The molecule has 0 aliphatic rings. The maximum Gasteiger partial charge on any atom is 0.307 e. The Morgan fingerprint density at radius 2 is 1.91 bits per heavy atom. The van der Waals surface area contributed by atoms with Gasteiger partial charge in [-0.1, -0.05) is 0 Å². The van der Waals surface area contributed by atoms with Gasteiger partial charge in [0.25, 0.3) is 0 Å². The molecule has 0 amide bonds. The van der Waals surface area contributed by atoms with Crippen molar-refractivity contribution in [2.24, 2.45) is 5.73 Å². The first-order chi connectivity index (χ1) is 4.52. The lowest BCUT2D eigenvalue weighted by Crippen LogP contribution is -2.22. The highest BCUT2D eigenvalue weighted by molar-refractivity contribution is 5.85. The van der Waals surface area contributed by atoms with Crippen LogP contribution in [0.3, 0.4) is 0 Å². The summed E-state index contributed by atoms with van der Waals surface area (Å²) in [5.41, 5.74) is 5.37. The van der Waals surface area contributed by atoms with Gasteiger partial charge in [0.05, 0.1) is 12.5 Å². The van der Waals surface area contributed by atoms with E-state index in [4.69, 9.17) is 10.5 Å². The van der Waals surface area contributed by atoms with Gasteiger partial charge < -0.3 is 10.5 Å². The number of nitrogens with two attached hydrogens (primary N) is 1. The van der Waals surface area contributed by atoms with Crippen molar-refractivity contribution >= 4 is 18.4 Å². The topological polar surface area (TPSA) is 52.3 Å². The van der Waals surface area contributed by atoms with Gasteiger partial charge in [0.15, 0.2) is 0 Å². The summed E-state index contributed by atoms with van der Waals surface area (Å²) in [6.45, 7) is 5.42. The van der Waals surface area contributed by atoms with E-state index in [2.05, 4.69) is 0 Å². The Balaban J connectivity index is 0. The zero-order valence-corrected chi connectivity index (χ0v) is 7.98. The number of halogens is 1. The molecular weight excluding hydrogens is 166 g/mol. The summed E-state index contributed by atoms with van der Waals surface area (Å²) in [6.07, 6.45) is 0.268. The third-order valence-electron chi connectivity index (χ3n) is 0.856. The maximum absolute atomic E-state index is 10.8. The number of rotatable bonds is 3. The van der Waals surface area contributed by atoms with E-state index in [-0.39, 0.29) is 30.5 Å². The van der Waals surface area contributed by atoms with Crippen molar-refractivity contribution in [3.05, 3.63) is 0 Å². The Hall–Kier alpha value is -0.280. The lowest BCUT2D eigenvalue weighted by atomic mass is 10.2. The predicted octanol–water partition coefficient (Wildman–Crippen LogP) is 1.10. The molecule has 0 bridgehead atoms. The van der Waals surface area contributed by atoms with E-state index in [0.717, 1.165) is 0 Å². The summed E-state index contributed by atoms with van der Waals surface area (Å²) >= 11 is 0. The maximum atomic E-state index is 10.8. The van der Waals surface area contributed by atoms with Crippen LogP contribution in [0.4, 0.5) is 0 Å². The summed E-state index contributed by atoms with van der Waals surface area (Å²) in [5, 5.41) is 0. The van der Waals surface area contributed by atoms with Gasteiger partial charge in [0.1, 0.15) is 0 Å². The van der Waals surface area contributed by atoms with Gasteiger partial charge in [-0.2, -0.15) is 0 Å². The van der Waals surface area contributed by atoms with Crippen LogP contribution >= 0.6 is 12.4 Å². The minimum absolute atomic E-state index is 0. The first-order valence-electron chi connectivity index (χ1n) is 3.47. The molecule has 0 unspecified atom stereocenters. The van der Waals surface area contributed by atoms with Crippen molar-refractivity contribution in [3.63, 3.8) is 0 Å². The molecule has 4 heteroatoms. The van der Waals surface area contributed by atoms with Crippen molar-refractivity contribution in [3.8, 4) is 0 Å². The Kier molecular flexibility index (Phi) is 7.79. The van der Waals surface area contributed by atoms with Crippen LogP contribution in [0, 0.1) is 0 Å². The molecular formula is C7H16ClNO2. The molecule has 0 fully saturated rings. The second-order valence-corrected chi connectivity index (χ2v) is 2.72. The second kappa shape index (κ2) is 6.43.